The maximum Gasteiger partial charge on any atom is 0.255 e. The van der Waals surface area contributed by atoms with Gasteiger partial charge in [0.05, 0.1) is 11.9 Å². The molecule has 0 radical (unpaired) electrons. The van der Waals surface area contributed by atoms with Crippen molar-refractivity contribution in [3.8, 4) is 0 Å². The van der Waals surface area contributed by atoms with Gasteiger partial charge in [-0.25, -0.2) is 8.42 Å². The summed E-state index contributed by atoms with van der Waals surface area (Å²) in [6.45, 7) is 1.88. The highest BCUT2D eigenvalue weighted by Crippen LogP contribution is 2.35. The summed E-state index contributed by atoms with van der Waals surface area (Å²) in [5.41, 5.74) is 5.04. The van der Waals surface area contributed by atoms with Gasteiger partial charge in [0, 0.05) is 17.3 Å². The third kappa shape index (κ3) is 4.09. The van der Waals surface area contributed by atoms with Gasteiger partial charge in [-0.2, -0.15) is 0 Å². The Morgan fingerprint density at radius 2 is 1.73 bits per heavy atom. The standard InChI is InChI=1S/C24H24N2O3S/c1-17-14-21-16-20(12-13-23(21)26(17)30(2,28)29)24(27)25-22-11-7-6-10-19(22)15-18-8-4-3-5-9-18/h3-13,16-17H,14-15H2,1-2H3,(H,25,27)/t17-/m0/s1. The second-order valence-electron chi connectivity index (χ2n) is 7.73. The van der Waals surface area contributed by atoms with Gasteiger partial charge in [0.15, 0.2) is 0 Å². The van der Waals surface area contributed by atoms with Crippen molar-refractivity contribution >= 4 is 27.3 Å². The molecule has 0 fully saturated rings. The minimum absolute atomic E-state index is 0.153. The van der Waals surface area contributed by atoms with Crippen molar-refractivity contribution in [1.82, 2.24) is 0 Å². The topological polar surface area (TPSA) is 66.5 Å². The van der Waals surface area contributed by atoms with Gasteiger partial charge in [0.2, 0.25) is 10.0 Å². The quantitative estimate of drug-likeness (QED) is 0.671. The average molecular weight is 421 g/mol. The van der Waals surface area contributed by atoms with Crippen LogP contribution in [0.15, 0.2) is 72.8 Å². The molecule has 1 atom stereocenters. The first-order valence-electron chi connectivity index (χ1n) is 9.88. The lowest BCUT2D eigenvalue weighted by Gasteiger charge is -2.22. The molecule has 1 N–H and O–H groups in total. The Balaban J connectivity index is 1.57. The van der Waals surface area contributed by atoms with Gasteiger partial charge in [-0.15, -0.1) is 0 Å². The van der Waals surface area contributed by atoms with E-state index in [1.165, 1.54) is 16.1 Å². The zero-order valence-corrected chi connectivity index (χ0v) is 17.8. The summed E-state index contributed by atoms with van der Waals surface area (Å²) in [6.07, 6.45) is 2.53. The molecule has 30 heavy (non-hydrogen) atoms. The van der Waals surface area contributed by atoms with Crippen LogP contribution in [-0.4, -0.2) is 26.6 Å². The first-order chi connectivity index (χ1) is 14.3. The number of nitrogens with one attached hydrogen (secondary N) is 1. The summed E-state index contributed by atoms with van der Waals surface area (Å²) in [5, 5.41) is 3.02. The van der Waals surface area contributed by atoms with Crippen LogP contribution in [0, 0.1) is 0 Å². The maximum atomic E-state index is 12.9. The van der Waals surface area contributed by atoms with Crippen LogP contribution in [0.4, 0.5) is 11.4 Å². The lowest BCUT2D eigenvalue weighted by atomic mass is 10.0. The number of benzene rings is 3. The number of para-hydroxylation sites is 1. The molecular formula is C24H24N2O3S. The number of fused-ring (bicyclic) bond motifs is 1. The number of nitrogens with zero attached hydrogens (tertiary/aromatic N) is 1. The number of hydrogen-bond acceptors (Lipinski definition) is 3. The second kappa shape index (κ2) is 7.95. The van der Waals surface area contributed by atoms with E-state index in [0.29, 0.717) is 17.7 Å². The van der Waals surface area contributed by atoms with Gasteiger partial charge in [0.1, 0.15) is 0 Å². The van der Waals surface area contributed by atoms with Crippen molar-refractivity contribution < 1.29 is 13.2 Å². The van der Waals surface area contributed by atoms with E-state index < -0.39 is 10.0 Å². The second-order valence-corrected chi connectivity index (χ2v) is 9.59. The van der Waals surface area contributed by atoms with Crippen LogP contribution in [0.2, 0.25) is 0 Å². The van der Waals surface area contributed by atoms with Crippen molar-refractivity contribution in [2.75, 3.05) is 15.9 Å². The molecule has 0 spiro atoms. The van der Waals surface area contributed by atoms with E-state index in [4.69, 9.17) is 0 Å². The van der Waals surface area contributed by atoms with Crippen LogP contribution in [-0.2, 0) is 22.9 Å². The molecule has 1 aliphatic rings. The van der Waals surface area contributed by atoms with E-state index in [2.05, 4.69) is 17.4 Å². The van der Waals surface area contributed by atoms with Gasteiger partial charge in [-0.3, -0.25) is 9.10 Å². The molecule has 0 unspecified atom stereocenters. The average Bonchev–Trinajstić information content (AvgIpc) is 3.05. The summed E-state index contributed by atoms with van der Waals surface area (Å²) in [4.78, 5) is 12.9. The van der Waals surface area contributed by atoms with Gasteiger partial charge >= 0.3 is 0 Å². The van der Waals surface area contributed by atoms with Crippen molar-refractivity contribution in [3.63, 3.8) is 0 Å². The number of carbonyl (C=O) groups is 1. The summed E-state index contributed by atoms with van der Waals surface area (Å²) >= 11 is 0. The van der Waals surface area contributed by atoms with Gasteiger partial charge < -0.3 is 5.32 Å². The highest BCUT2D eigenvalue weighted by atomic mass is 32.2. The highest BCUT2D eigenvalue weighted by Gasteiger charge is 2.32. The fourth-order valence-corrected chi connectivity index (χ4v) is 5.32. The number of amides is 1. The van der Waals surface area contributed by atoms with E-state index in [0.717, 1.165) is 23.2 Å². The van der Waals surface area contributed by atoms with E-state index in [1.807, 2.05) is 49.4 Å². The van der Waals surface area contributed by atoms with E-state index in [1.54, 1.807) is 18.2 Å². The number of hydrogen-bond donors (Lipinski definition) is 1. The van der Waals surface area contributed by atoms with Crippen LogP contribution in [0.3, 0.4) is 0 Å². The minimum Gasteiger partial charge on any atom is -0.322 e. The maximum absolute atomic E-state index is 12.9. The summed E-state index contributed by atoms with van der Waals surface area (Å²) in [6, 6.07) is 22.9. The SMILES string of the molecule is C[C@H]1Cc2cc(C(=O)Nc3ccccc3Cc3ccccc3)ccc2N1S(C)(=O)=O. The Morgan fingerprint density at radius 3 is 2.47 bits per heavy atom. The third-order valence-electron chi connectivity index (χ3n) is 5.36. The third-order valence-corrected chi connectivity index (χ3v) is 6.63. The van der Waals surface area contributed by atoms with Crippen LogP contribution in [0.1, 0.15) is 34.0 Å². The Labute approximate surface area is 177 Å². The Morgan fingerprint density at radius 1 is 1.03 bits per heavy atom. The Kier molecular flexibility index (Phi) is 5.35. The van der Waals surface area contributed by atoms with Crippen LogP contribution < -0.4 is 9.62 Å². The van der Waals surface area contributed by atoms with Crippen LogP contribution in [0.5, 0.6) is 0 Å². The lowest BCUT2D eigenvalue weighted by molar-refractivity contribution is 0.102. The number of rotatable bonds is 5. The van der Waals surface area contributed by atoms with Gasteiger partial charge in [-0.1, -0.05) is 48.5 Å². The molecule has 0 saturated carbocycles. The minimum atomic E-state index is -3.35. The normalized spacial score (nSPS) is 15.7. The highest BCUT2D eigenvalue weighted by molar-refractivity contribution is 7.92. The smallest absolute Gasteiger partial charge is 0.255 e. The molecule has 6 heteroatoms. The monoisotopic (exact) mass is 420 g/mol. The predicted octanol–water partition coefficient (Wildman–Crippen LogP) is 4.24. The predicted molar refractivity (Wildman–Crippen MR) is 121 cm³/mol. The Bertz CT molecular complexity index is 1190. The van der Waals surface area contributed by atoms with E-state index in [-0.39, 0.29) is 11.9 Å². The summed E-state index contributed by atoms with van der Waals surface area (Å²) < 4.78 is 25.6. The van der Waals surface area contributed by atoms with Gasteiger partial charge in [-0.05, 0) is 60.7 Å². The molecule has 0 saturated heterocycles. The van der Waals surface area contributed by atoms with Crippen LogP contribution in [0.25, 0.3) is 0 Å². The number of sulfonamides is 1. The first-order valence-corrected chi connectivity index (χ1v) is 11.7. The molecule has 1 amide bonds. The molecule has 0 aromatic heterocycles. The fourth-order valence-electron chi connectivity index (χ4n) is 4.06. The molecule has 1 heterocycles. The molecule has 3 aromatic rings. The van der Waals surface area contributed by atoms with Gasteiger partial charge in [0.25, 0.3) is 5.91 Å². The number of anilines is 2. The molecule has 5 nitrogen and oxygen atoms in total. The first kappa shape index (κ1) is 20.2. The van der Waals surface area contributed by atoms with E-state index in [9.17, 15) is 13.2 Å². The zero-order chi connectivity index (χ0) is 21.3. The van der Waals surface area contributed by atoms with Crippen molar-refractivity contribution in [1.29, 1.82) is 0 Å². The number of carbonyl (C=O) groups excluding carboxylic acids is 1. The van der Waals surface area contributed by atoms with Crippen molar-refractivity contribution in [2.24, 2.45) is 0 Å². The molecule has 3 aromatic carbocycles. The lowest BCUT2D eigenvalue weighted by Crippen LogP contribution is -2.34. The summed E-state index contributed by atoms with van der Waals surface area (Å²) in [5.74, 6) is -0.205. The molecule has 0 bridgehead atoms. The molecule has 4 rings (SSSR count). The molecular weight excluding hydrogens is 396 g/mol. The van der Waals surface area contributed by atoms with Crippen molar-refractivity contribution in [2.45, 2.75) is 25.8 Å². The molecule has 1 aliphatic heterocycles. The van der Waals surface area contributed by atoms with Crippen molar-refractivity contribution in [3.05, 3.63) is 95.1 Å². The zero-order valence-electron chi connectivity index (χ0n) is 17.0. The largest absolute Gasteiger partial charge is 0.322 e. The summed E-state index contributed by atoms with van der Waals surface area (Å²) in [7, 11) is -3.35. The van der Waals surface area contributed by atoms with Crippen LogP contribution >= 0.6 is 0 Å². The Hall–Kier alpha value is -3.12. The molecule has 154 valence electrons. The van der Waals surface area contributed by atoms with E-state index >= 15 is 0 Å². The fraction of sp³-hybridized carbons (Fsp3) is 0.208. The molecule has 0 aliphatic carbocycles.